The van der Waals surface area contributed by atoms with Crippen molar-refractivity contribution in [3.63, 3.8) is 0 Å². The molecule has 0 N–H and O–H groups in total. The Morgan fingerprint density at radius 2 is 1.50 bits per heavy atom. The van der Waals surface area contributed by atoms with E-state index in [9.17, 15) is 26.3 Å². The lowest BCUT2D eigenvalue weighted by molar-refractivity contribution is -0.142. The number of halogens is 7. The zero-order valence-electron chi connectivity index (χ0n) is 16.8. The maximum Gasteiger partial charge on any atom is 0.418 e. The molecule has 0 atom stereocenters. The third-order valence-electron chi connectivity index (χ3n) is 5.73. The van der Waals surface area contributed by atoms with Crippen molar-refractivity contribution in [1.82, 2.24) is 9.47 Å². The average molecular weight is 476 g/mol. The predicted octanol–water partition coefficient (Wildman–Crippen LogP) is 6.15. The highest BCUT2D eigenvalue weighted by atomic mass is 35.5. The van der Waals surface area contributed by atoms with Crippen molar-refractivity contribution < 1.29 is 26.3 Å². The Morgan fingerprint density at radius 1 is 0.781 bits per heavy atom. The van der Waals surface area contributed by atoms with E-state index in [-0.39, 0.29) is 11.8 Å². The van der Waals surface area contributed by atoms with E-state index in [4.69, 9.17) is 11.6 Å². The molecule has 1 fully saturated rings. The Labute approximate surface area is 185 Å². The van der Waals surface area contributed by atoms with Crippen molar-refractivity contribution in [2.45, 2.75) is 18.9 Å². The first-order valence-electron chi connectivity index (χ1n) is 10.0. The molecule has 4 rings (SSSR count). The zero-order chi connectivity index (χ0) is 23.1. The van der Waals surface area contributed by atoms with Gasteiger partial charge in [0.25, 0.3) is 0 Å². The maximum atomic E-state index is 13.5. The van der Waals surface area contributed by atoms with Crippen LogP contribution >= 0.6 is 11.6 Å². The van der Waals surface area contributed by atoms with Crippen LogP contribution in [0.15, 0.2) is 48.7 Å². The lowest BCUT2D eigenvalue weighted by atomic mass is 10.1. The van der Waals surface area contributed by atoms with Gasteiger partial charge in [0, 0.05) is 67.1 Å². The van der Waals surface area contributed by atoms with Crippen LogP contribution in [-0.2, 0) is 18.9 Å². The minimum absolute atomic E-state index is 0.200. The third kappa shape index (κ3) is 4.83. The molecule has 1 aliphatic rings. The first kappa shape index (κ1) is 22.8. The van der Waals surface area contributed by atoms with Gasteiger partial charge in [-0.2, -0.15) is 26.3 Å². The number of nitrogens with zero attached hydrogens (tertiary/aromatic N) is 3. The largest absolute Gasteiger partial charge is 0.418 e. The summed E-state index contributed by atoms with van der Waals surface area (Å²) in [4.78, 5) is 3.64. The summed E-state index contributed by atoms with van der Waals surface area (Å²) in [6, 6.07) is 9.46. The molecule has 0 saturated carbocycles. The average Bonchev–Trinajstić information content (AvgIpc) is 3.13. The summed E-state index contributed by atoms with van der Waals surface area (Å²) in [5.41, 5.74) is -1.71. The molecule has 10 heteroatoms. The highest BCUT2D eigenvalue weighted by Crippen LogP contribution is 2.41. The van der Waals surface area contributed by atoms with Crippen LogP contribution in [0.4, 0.5) is 32.0 Å². The second-order valence-electron chi connectivity index (χ2n) is 7.77. The number of aromatic nitrogens is 1. The molecule has 2 heterocycles. The van der Waals surface area contributed by atoms with Crippen molar-refractivity contribution in [3.8, 4) is 0 Å². The summed E-state index contributed by atoms with van der Waals surface area (Å²) in [5, 5.41) is 1.69. The van der Waals surface area contributed by atoms with Crippen LogP contribution in [-0.4, -0.2) is 42.2 Å². The predicted molar refractivity (Wildman–Crippen MR) is 112 cm³/mol. The highest BCUT2D eigenvalue weighted by molar-refractivity contribution is 6.31. The van der Waals surface area contributed by atoms with Gasteiger partial charge in [0.2, 0.25) is 0 Å². The molecule has 1 aliphatic heterocycles. The van der Waals surface area contributed by atoms with E-state index in [0.717, 1.165) is 17.0 Å². The van der Waals surface area contributed by atoms with Gasteiger partial charge in [0.1, 0.15) is 0 Å². The van der Waals surface area contributed by atoms with Gasteiger partial charge in [-0.3, -0.25) is 4.90 Å². The zero-order valence-corrected chi connectivity index (χ0v) is 17.6. The molecule has 0 spiro atoms. The Kier molecular flexibility index (Phi) is 6.06. The summed E-state index contributed by atoms with van der Waals surface area (Å²) in [6.07, 6.45) is -7.73. The van der Waals surface area contributed by atoms with Crippen molar-refractivity contribution in [1.29, 1.82) is 0 Å². The number of hydrogen-bond donors (Lipinski definition) is 0. The SMILES string of the molecule is FC(F)(F)c1ccc(N2CCN(CCn3ccc4cc(Cl)ccc43)CC2)c(C(F)(F)F)c1. The Balaban J connectivity index is 1.42. The lowest BCUT2D eigenvalue weighted by Crippen LogP contribution is -2.47. The van der Waals surface area contributed by atoms with Crippen molar-refractivity contribution >= 4 is 28.2 Å². The van der Waals surface area contributed by atoms with E-state index >= 15 is 0 Å². The van der Waals surface area contributed by atoms with Crippen LogP contribution in [0, 0.1) is 0 Å². The smallest absolute Gasteiger partial charge is 0.368 e. The van der Waals surface area contributed by atoms with Gasteiger partial charge in [-0.05, 0) is 42.5 Å². The number of anilines is 1. The first-order chi connectivity index (χ1) is 15.0. The number of alkyl halides is 6. The molecule has 0 amide bonds. The van der Waals surface area contributed by atoms with Gasteiger partial charge in [-0.25, -0.2) is 0 Å². The molecule has 0 radical (unpaired) electrons. The summed E-state index contributed by atoms with van der Waals surface area (Å²) >= 11 is 6.01. The van der Waals surface area contributed by atoms with E-state index in [2.05, 4.69) is 9.47 Å². The van der Waals surface area contributed by atoms with Gasteiger partial charge in [-0.1, -0.05) is 11.6 Å². The standard InChI is InChI=1S/C22H20ClF6N3/c23-17-2-4-19-15(13-17)5-6-31(19)10-7-30-8-11-32(12-9-30)20-3-1-16(21(24,25)26)14-18(20)22(27,28)29/h1-6,13-14H,7-12H2. The maximum absolute atomic E-state index is 13.5. The minimum atomic E-state index is -4.87. The topological polar surface area (TPSA) is 11.4 Å². The normalized spacial score (nSPS) is 16.2. The van der Waals surface area contributed by atoms with E-state index < -0.39 is 23.5 Å². The highest BCUT2D eigenvalue weighted by Gasteiger charge is 2.39. The van der Waals surface area contributed by atoms with E-state index in [1.165, 1.54) is 4.90 Å². The fourth-order valence-corrected chi connectivity index (χ4v) is 4.22. The molecule has 1 aromatic heterocycles. The molecular formula is C22H20ClF6N3. The molecule has 0 aliphatic carbocycles. The van der Waals surface area contributed by atoms with Crippen molar-refractivity contribution in [2.24, 2.45) is 0 Å². The summed E-state index contributed by atoms with van der Waals surface area (Å²) < 4.78 is 81.2. The fourth-order valence-electron chi connectivity index (χ4n) is 4.04. The Hall–Kier alpha value is -2.39. The number of benzene rings is 2. The third-order valence-corrected chi connectivity index (χ3v) is 5.97. The molecule has 1 saturated heterocycles. The van der Waals surface area contributed by atoms with Gasteiger partial charge in [-0.15, -0.1) is 0 Å². The van der Waals surface area contributed by atoms with Gasteiger partial charge < -0.3 is 9.47 Å². The molecule has 32 heavy (non-hydrogen) atoms. The van der Waals surface area contributed by atoms with Gasteiger partial charge >= 0.3 is 12.4 Å². The number of hydrogen-bond acceptors (Lipinski definition) is 2. The number of fused-ring (bicyclic) bond motifs is 1. The minimum Gasteiger partial charge on any atom is -0.368 e. The molecular weight excluding hydrogens is 456 g/mol. The van der Waals surface area contributed by atoms with Crippen LogP contribution in [0.5, 0.6) is 0 Å². The monoisotopic (exact) mass is 475 g/mol. The van der Waals surface area contributed by atoms with Gasteiger partial charge in [0.15, 0.2) is 0 Å². The fraction of sp³-hybridized carbons (Fsp3) is 0.364. The molecule has 172 valence electrons. The van der Waals surface area contributed by atoms with Crippen LogP contribution in [0.2, 0.25) is 5.02 Å². The summed E-state index contributed by atoms with van der Waals surface area (Å²) in [6.45, 7) is 3.05. The van der Waals surface area contributed by atoms with E-state index in [1.807, 2.05) is 30.5 Å². The van der Waals surface area contributed by atoms with E-state index in [1.54, 1.807) is 0 Å². The van der Waals surface area contributed by atoms with Crippen LogP contribution in [0.1, 0.15) is 11.1 Å². The van der Waals surface area contributed by atoms with Crippen molar-refractivity contribution in [3.05, 3.63) is 64.8 Å². The number of rotatable bonds is 4. The Bertz CT molecular complexity index is 1100. The molecule has 3 nitrogen and oxygen atoms in total. The number of piperazine rings is 1. The molecule has 2 aromatic carbocycles. The summed E-state index contributed by atoms with van der Waals surface area (Å²) in [7, 11) is 0. The second-order valence-corrected chi connectivity index (χ2v) is 8.20. The van der Waals surface area contributed by atoms with Crippen molar-refractivity contribution in [2.75, 3.05) is 37.6 Å². The Morgan fingerprint density at radius 3 is 2.16 bits per heavy atom. The molecule has 0 unspecified atom stereocenters. The molecule has 3 aromatic rings. The second kappa shape index (κ2) is 8.51. The van der Waals surface area contributed by atoms with E-state index in [0.29, 0.717) is 50.4 Å². The molecule has 0 bridgehead atoms. The summed E-state index contributed by atoms with van der Waals surface area (Å²) in [5.74, 6) is 0. The lowest BCUT2D eigenvalue weighted by Gasteiger charge is -2.37. The van der Waals surface area contributed by atoms with Crippen LogP contribution < -0.4 is 4.90 Å². The van der Waals surface area contributed by atoms with Gasteiger partial charge in [0.05, 0.1) is 11.1 Å². The van der Waals surface area contributed by atoms with Crippen LogP contribution in [0.25, 0.3) is 10.9 Å². The quantitative estimate of drug-likeness (QED) is 0.419. The first-order valence-corrected chi connectivity index (χ1v) is 10.4. The van der Waals surface area contributed by atoms with Crippen LogP contribution in [0.3, 0.4) is 0 Å².